The van der Waals surface area contributed by atoms with Gasteiger partial charge in [-0.25, -0.2) is 0 Å². The summed E-state index contributed by atoms with van der Waals surface area (Å²) in [7, 11) is 0. The van der Waals surface area contributed by atoms with Gasteiger partial charge in [-0.2, -0.15) is 0 Å². The predicted molar refractivity (Wildman–Crippen MR) is 191 cm³/mol. The fourth-order valence-electron chi connectivity index (χ4n) is 13.4. The van der Waals surface area contributed by atoms with Crippen LogP contribution in [0.3, 0.4) is 0 Å². The number of ether oxygens (including phenoxy) is 4. The molecule has 19 atom stereocenters. The van der Waals surface area contributed by atoms with Gasteiger partial charge in [-0.15, -0.1) is 0 Å². The van der Waals surface area contributed by atoms with Crippen molar-refractivity contribution in [3.05, 3.63) is 11.6 Å². The number of carbonyl (C=O) groups is 1. The van der Waals surface area contributed by atoms with E-state index < -0.39 is 73.3 Å². The molecule has 3 unspecified atom stereocenters. The summed E-state index contributed by atoms with van der Waals surface area (Å²) in [5, 5.41) is 74.3. The van der Waals surface area contributed by atoms with Crippen LogP contribution in [0.25, 0.3) is 0 Å². The molecule has 7 rings (SSSR count). The number of carbonyl (C=O) groups excluding carboxylic acids is 1. The summed E-state index contributed by atoms with van der Waals surface area (Å²) in [6, 6.07) is 0. The fraction of sp³-hybridized carbons (Fsp3) is 0.927. The van der Waals surface area contributed by atoms with Gasteiger partial charge in [0, 0.05) is 0 Å². The van der Waals surface area contributed by atoms with Crippen LogP contribution in [0.4, 0.5) is 0 Å². The van der Waals surface area contributed by atoms with Crippen LogP contribution in [0.15, 0.2) is 11.6 Å². The molecule has 302 valence electrons. The van der Waals surface area contributed by atoms with E-state index in [0.29, 0.717) is 30.6 Å². The van der Waals surface area contributed by atoms with Crippen LogP contribution in [0, 0.1) is 56.7 Å². The summed E-state index contributed by atoms with van der Waals surface area (Å²) in [5.74, 6) is 0.884. The van der Waals surface area contributed by atoms with E-state index in [1.54, 1.807) is 0 Å². The van der Waals surface area contributed by atoms with Gasteiger partial charge in [0.1, 0.15) is 42.7 Å². The highest BCUT2D eigenvalue weighted by Gasteiger charge is 2.70. The van der Waals surface area contributed by atoms with Crippen molar-refractivity contribution in [1.82, 2.24) is 0 Å². The first-order valence-electron chi connectivity index (χ1n) is 20.3. The molecule has 7 aliphatic rings. The molecule has 7 N–H and O–H groups in total. The normalized spacial score (nSPS) is 55.1. The van der Waals surface area contributed by atoms with Crippen LogP contribution in [-0.4, -0.2) is 116 Å². The molecule has 2 aliphatic heterocycles. The summed E-state index contributed by atoms with van der Waals surface area (Å²) in [4.78, 5) is 14.9. The molecule has 53 heavy (non-hydrogen) atoms. The molecule has 2 heterocycles. The van der Waals surface area contributed by atoms with Crippen LogP contribution < -0.4 is 0 Å². The number of rotatable bonds is 5. The molecule has 5 aliphatic carbocycles. The van der Waals surface area contributed by atoms with Gasteiger partial charge in [-0.1, -0.05) is 60.1 Å². The second-order valence-corrected chi connectivity index (χ2v) is 19.6. The summed E-state index contributed by atoms with van der Waals surface area (Å²) in [6.07, 6.45) is -3.84. The second-order valence-electron chi connectivity index (χ2n) is 19.6. The van der Waals surface area contributed by atoms with Crippen LogP contribution >= 0.6 is 0 Å². The quantitative estimate of drug-likeness (QED) is 0.161. The summed E-state index contributed by atoms with van der Waals surface area (Å²) >= 11 is 0. The van der Waals surface area contributed by atoms with E-state index in [4.69, 9.17) is 18.9 Å². The zero-order valence-electron chi connectivity index (χ0n) is 32.7. The first kappa shape index (κ1) is 40.0. The Bertz CT molecular complexity index is 1420. The van der Waals surface area contributed by atoms with E-state index in [0.717, 1.165) is 44.9 Å². The number of fused-ring (bicyclic) bond motifs is 7. The minimum Gasteiger partial charge on any atom is -0.432 e. The first-order valence-corrected chi connectivity index (χ1v) is 20.3. The third-order valence-corrected chi connectivity index (χ3v) is 17.2. The molecule has 0 radical (unpaired) electrons. The van der Waals surface area contributed by atoms with Crippen molar-refractivity contribution in [3.8, 4) is 0 Å². The molecule has 4 saturated carbocycles. The number of aliphatic hydroxyl groups is 7. The lowest BCUT2D eigenvalue weighted by molar-refractivity contribution is -0.345. The van der Waals surface area contributed by atoms with Gasteiger partial charge in [0.25, 0.3) is 0 Å². The monoisotopic (exact) mass is 750 g/mol. The van der Waals surface area contributed by atoms with E-state index in [-0.39, 0.29) is 46.2 Å². The molecule has 0 aromatic rings. The lowest BCUT2D eigenvalue weighted by atomic mass is 9.33. The van der Waals surface area contributed by atoms with E-state index in [1.807, 2.05) is 0 Å². The van der Waals surface area contributed by atoms with Crippen molar-refractivity contribution < 1.29 is 59.5 Å². The highest BCUT2D eigenvalue weighted by molar-refractivity contribution is 5.79. The van der Waals surface area contributed by atoms with Crippen molar-refractivity contribution in [1.29, 1.82) is 0 Å². The van der Waals surface area contributed by atoms with Gasteiger partial charge in [0.05, 0.1) is 24.7 Å². The fourth-order valence-corrected chi connectivity index (χ4v) is 13.4. The molecule has 2 saturated heterocycles. The average Bonchev–Trinajstić information content (AvgIpc) is 3.11. The Morgan fingerprint density at radius 3 is 2.25 bits per heavy atom. The lowest BCUT2D eigenvalue weighted by Gasteiger charge is -2.71. The highest BCUT2D eigenvalue weighted by atomic mass is 16.7. The van der Waals surface area contributed by atoms with E-state index in [9.17, 15) is 40.5 Å². The molecule has 0 spiro atoms. The lowest BCUT2D eigenvalue weighted by Crippen LogP contribution is -2.66. The zero-order valence-corrected chi connectivity index (χ0v) is 32.7. The standard InChI is InChI=1S/C41H66O12/c1-20-10-15-41(36(49)53-35-32(48)33(30(46)24(18-42)51-35)52-34-31(47)29(45)23(43)19-50-34)17-16-39(6)22(28(41)21(20)2)8-9-26-38(5)13-12-27(44)37(3,4)25(38)11-14-40(26,39)7/h8,20-21,23-35,42-48H,9-19H2,1-7H3/t20-,21+,23-,24-,25?,26-,27+,28+,29+,30-,31-,32-,33+,34?,35?,38+,39-,40-,41+/m1/s1. The van der Waals surface area contributed by atoms with Gasteiger partial charge < -0.3 is 54.7 Å². The van der Waals surface area contributed by atoms with Crippen LogP contribution in [-0.2, 0) is 23.7 Å². The Morgan fingerprint density at radius 1 is 0.830 bits per heavy atom. The molecular formula is C41H66O12. The van der Waals surface area contributed by atoms with Gasteiger partial charge in [-0.05, 0) is 109 Å². The number of esters is 1. The number of allylic oxidation sites excluding steroid dienone is 2. The Morgan fingerprint density at radius 2 is 1.55 bits per heavy atom. The third-order valence-electron chi connectivity index (χ3n) is 17.2. The first-order chi connectivity index (χ1) is 24.8. The minimum atomic E-state index is -1.72. The Labute approximate surface area is 314 Å². The maximum absolute atomic E-state index is 14.9. The second kappa shape index (κ2) is 13.7. The maximum atomic E-state index is 14.9. The van der Waals surface area contributed by atoms with Gasteiger partial charge in [-0.3, -0.25) is 4.79 Å². The number of aliphatic hydroxyl groups excluding tert-OH is 7. The topological polar surface area (TPSA) is 196 Å². The molecule has 6 fully saturated rings. The van der Waals surface area contributed by atoms with E-state index in [2.05, 4.69) is 54.5 Å². The molecule has 12 nitrogen and oxygen atoms in total. The Kier molecular flexibility index (Phi) is 10.4. The Balaban J connectivity index is 1.18. The third kappa shape index (κ3) is 5.77. The largest absolute Gasteiger partial charge is 0.432 e. The van der Waals surface area contributed by atoms with E-state index in [1.165, 1.54) is 5.57 Å². The summed E-state index contributed by atoms with van der Waals surface area (Å²) in [6.45, 7) is 15.5. The summed E-state index contributed by atoms with van der Waals surface area (Å²) < 4.78 is 23.1. The molecule has 0 aromatic heterocycles. The molecule has 0 bridgehead atoms. The number of hydrogen-bond acceptors (Lipinski definition) is 12. The van der Waals surface area contributed by atoms with Crippen molar-refractivity contribution >= 4 is 5.97 Å². The average molecular weight is 751 g/mol. The zero-order chi connectivity index (χ0) is 38.6. The Hall–Kier alpha value is -1.19. The van der Waals surface area contributed by atoms with Crippen LogP contribution in [0.1, 0.15) is 106 Å². The minimum absolute atomic E-state index is 0.00424. The molecule has 0 amide bonds. The van der Waals surface area contributed by atoms with Crippen molar-refractivity contribution in [2.24, 2.45) is 56.7 Å². The molecular weight excluding hydrogens is 684 g/mol. The van der Waals surface area contributed by atoms with Crippen molar-refractivity contribution in [3.63, 3.8) is 0 Å². The smallest absolute Gasteiger partial charge is 0.315 e. The van der Waals surface area contributed by atoms with Crippen LogP contribution in [0.5, 0.6) is 0 Å². The number of hydrogen-bond donors (Lipinski definition) is 7. The SMILES string of the molecule is C[C@H]1[C@H](C)CC[C@]2(C(=O)OC3O[C@H](CO)[C@@H](O)[C@H](OC4OC[C@@H](O)[C@H](O)[C@H]4O)[C@H]3O)CC[C@]3(C)C(=CC[C@@H]4[C@@]5(C)CC[C@H](O)C(C)(C)C5CC[C@]43C)[C@H]12. The predicted octanol–water partition coefficient (Wildman–Crippen LogP) is 2.81. The maximum Gasteiger partial charge on any atom is 0.315 e. The molecule has 12 heteroatoms. The van der Waals surface area contributed by atoms with Gasteiger partial charge >= 0.3 is 5.97 Å². The summed E-state index contributed by atoms with van der Waals surface area (Å²) in [5.41, 5.74) is 0.295. The van der Waals surface area contributed by atoms with Crippen molar-refractivity contribution in [2.45, 2.75) is 168 Å². The van der Waals surface area contributed by atoms with E-state index >= 15 is 0 Å². The van der Waals surface area contributed by atoms with Gasteiger partial charge in [0.15, 0.2) is 6.29 Å². The van der Waals surface area contributed by atoms with Crippen LogP contribution in [0.2, 0.25) is 0 Å². The van der Waals surface area contributed by atoms with Crippen molar-refractivity contribution in [2.75, 3.05) is 13.2 Å². The molecule has 0 aromatic carbocycles. The highest BCUT2D eigenvalue weighted by Crippen LogP contribution is 2.76. The van der Waals surface area contributed by atoms with Gasteiger partial charge in [0.2, 0.25) is 6.29 Å².